The molecule has 0 bridgehead atoms. The molecule has 600 valence electrons. The van der Waals surface area contributed by atoms with E-state index < -0.39 is 97.5 Å². The Hall–Kier alpha value is -1.94. The van der Waals surface area contributed by atoms with Gasteiger partial charge in [-0.1, -0.05) is 382 Å². The molecule has 0 aliphatic heterocycles. The van der Waals surface area contributed by atoms with E-state index in [9.17, 15) is 43.2 Å². The number of phosphoric ester groups is 2. The Kier molecular flexibility index (Phi) is 72.2. The summed E-state index contributed by atoms with van der Waals surface area (Å²) in [6.07, 6.45) is 63.7. The van der Waals surface area contributed by atoms with E-state index in [1.807, 2.05) is 0 Å². The van der Waals surface area contributed by atoms with E-state index in [2.05, 4.69) is 41.5 Å². The molecule has 17 nitrogen and oxygen atoms in total. The lowest BCUT2D eigenvalue weighted by atomic mass is 9.99. The standard InChI is InChI=1S/C82H160O17P2/c1-7-10-12-14-16-18-19-20-21-22-23-31-36-42-48-54-60-66-81(86)98-77(70-92-79(84)64-58-52-46-38-17-15-13-11-8-2)72-96-100(88,89)94-68-76(83)69-95-101(90,91)97-73-78(71-93-80(85)65-59-53-47-41-35-30-26-24-28-33-39-44-50-56-62-74(4)5)99-82(87)67-61-55-49-43-37-32-27-25-29-34-40-45-51-57-63-75(6)9-3/h74-78,83H,7-73H2,1-6H3,(H,88,89)(H,90,91)/t75?,76-,77+,78+/m0/s1. The molecule has 3 N–H and O–H groups in total. The van der Waals surface area contributed by atoms with Gasteiger partial charge in [0.25, 0.3) is 0 Å². The van der Waals surface area contributed by atoms with Gasteiger partial charge in [-0.3, -0.25) is 37.3 Å². The summed E-state index contributed by atoms with van der Waals surface area (Å²) >= 11 is 0. The highest BCUT2D eigenvalue weighted by Crippen LogP contribution is 2.45. The minimum Gasteiger partial charge on any atom is -0.462 e. The highest BCUT2D eigenvalue weighted by Gasteiger charge is 2.30. The first-order valence-corrected chi connectivity index (χ1v) is 45.5. The monoisotopic (exact) mass is 1480 g/mol. The van der Waals surface area contributed by atoms with Crippen molar-refractivity contribution in [1.29, 1.82) is 0 Å². The number of phosphoric acid groups is 2. The van der Waals surface area contributed by atoms with Gasteiger partial charge in [-0.25, -0.2) is 9.13 Å². The van der Waals surface area contributed by atoms with Crippen molar-refractivity contribution in [2.75, 3.05) is 39.6 Å². The van der Waals surface area contributed by atoms with Gasteiger partial charge in [-0.15, -0.1) is 0 Å². The number of ether oxygens (including phenoxy) is 4. The molecule has 19 heteroatoms. The molecule has 0 spiro atoms. The third kappa shape index (κ3) is 74.7. The summed E-state index contributed by atoms with van der Waals surface area (Å²) in [6, 6.07) is 0. The summed E-state index contributed by atoms with van der Waals surface area (Å²) in [5.41, 5.74) is 0. The van der Waals surface area contributed by atoms with Crippen LogP contribution in [0.4, 0.5) is 0 Å². The molecular weight excluding hydrogens is 1320 g/mol. The molecular formula is C82H160O17P2. The van der Waals surface area contributed by atoms with Gasteiger partial charge >= 0.3 is 39.5 Å². The van der Waals surface area contributed by atoms with E-state index in [4.69, 9.17) is 37.0 Å². The second-order valence-electron chi connectivity index (χ2n) is 30.2. The molecule has 101 heavy (non-hydrogen) atoms. The fourth-order valence-electron chi connectivity index (χ4n) is 12.7. The number of rotatable bonds is 81. The van der Waals surface area contributed by atoms with Crippen LogP contribution in [0.15, 0.2) is 0 Å². The summed E-state index contributed by atoms with van der Waals surface area (Å²) in [7, 11) is -9.92. The SMILES string of the molecule is CCCCCCCCCCCCCCCCCCCC(=O)O[C@H](COC(=O)CCCCCCCCCCC)COP(=O)(O)OC[C@H](O)COP(=O)(O)OC[C@@H](COC(=O)CCCCCCCCCCCCCCCCC(C)C)OC(=O)CCCCCCCCCCCCCCCCC(C)CC. The molecule has 0 saturated heterocycles. The van der Waals surface area contributed by atoms with Crippen LogP contribution in [0, 0.1) is 11.8 Å². The van der Waals surface area contributed by atoms with Crippen molar-refractivity contribution in [3.63, 3.8) is 0 Å². The number of carbonyl (C=O) groups is 4. The minimum atomic E-state index is -4.96. The van der Waals surface area contributed by atoms with Crippen molar-refractivity contribution in [2.45, 2.75) is 452 Å². The summed E-state index contributed by atoms with van der Waals surface area (Å²) in [4.78, 5) is 73.0. The molecule has 0 radical (unpaired) electrons. The van der Waals surface area contributed by atoms with Crippen molar-refractivity contribution in [3.05, 3.63) is 0 Å². The van der Waals surface area contributed by atoms with E-state index in [-0.39, 0.29) is 25.7 Å². The Bertz CT molecular complexity index is 1940. The van der Waals surface area contributed by atoms with Crippen LogP contribution in [0.5, 0.6) is 0 Å². The zero-order valence-electron chi connectivity index (χ0n) is 66.2. The van der Waals surface area contributed by atoms with Gasteiger partial charge in [-0.05, 0) is 37.5 Å². The second-order valence-corrected chi connectivity index (χ2v) is 33.1. The molecule has 0 aromatic rings. The highest BCUT2D eigenvalue weighted by atomic mass is 31.2. The van der Waals surface area contributed by atoms with Crippen molar-refractivity contribution in [3.8, 4) is 0 Å². The van der Waals surface area contributed by atoms with Gasteiger partial charge < -0.3 is 33.8 Å². The predicted molar refractivity (Wildman–Crippen MR) is 414 cm³/mol. The summed E-state index contributed by atoms with van der Waals surface area (Å²) in [6.45, 7) is 9.71. The molecule has 0 fully saturated rings. The van der Waals surface area contributed by atoms with Gasteiger partial charge in [-0.2, -0.15) is 0 Å². The molecule has 0 aliphatic rings. The van der Waals surface area contributed by atoms with Gasteiger partial charge in [0.2, 0.25) is 0 Å². The van der Waals surface area contributed by atoms with Crippen LogP contribution < -0.4 is 0 Å². The van der Waals surface area contributed by atoms with E-state index in [1.54, 1.807) is 0 Å². The van der Waals surface area contributed by atoms with E-state index in [1.165, 1.54) is 250 Å². The molecule has 0 amide bonds. The predicted octanol–water partition coefficient (Wildman–Crippen LogP) is 24.7. The summed E-state index contributed by atoms with van der Waals surface area (Å²) in [5, 5.41) is 10.6. The third-order valence-corrected chi connectivity index (χ3v) is 21.5. The lowest BCUT2D eigenvalue weighted by Crippen LogP contribution is -2.30. The molecule has 0 aromatic heterocycles. The molecule has 3 unspecified atom stereocenters. The maximum absolute atomic E-state index is 13.1. The van der Waals surface area contributed by atoms with E-state index in [0.717, 1.165) is 102 Å². The Balaban J connectivity index is 5.22. The Labute approximate surface area is 619 Å². The van der Waals surface area contributed by atoms with E-state index in [0.29, 0.717) is 25.7 Å². The highest BCUT2D eigenvalue weighted by molar-refractivity contribution is 7.47. The zero-order chi connectivity index (χ0) is 74.2. The topological polar surface area (TPSA) is 237 Å². The Morgan fingerprint density at radius 3 is 0.752 bits per heavy atom. The number of esters is 4. The largest absolute Gasteiger partial charge is 0.472 e. The lowest BCUT2D eigenvalue weighted by molar-refractivity contribution is -0.161. The lowest BCUT2D eigenvalue weighted by Gasteiger charge is -2.21. The minimum absolute atomic E-state index is 0.108. The summed E-state index contributed by atoms with van der Waals surface area (Å²) < 4.78 is 68.7. The molecule has 0 rings (SSSR count). The van der Waals surface area contributed by atoms with Crippen molar-refractivity contribution in [1.82, 2.24) is 0 Å². The number of hydrogen-bond acceptors (Lipinski definition) is 15. The molecule has 0 saturated carbocycles. The quantitative estimate of drug-likeness (QED) is 0.0222. The van der Waals surface area contributed by atoms with Crippen molar-refractivity contribution < 1.29 is 80.2 Å². The Morgan fingerprint density at radius 2 is 0.505 bits per heavy atom. The smallest absolute Gasteiger partial charge is 0.462 e. The maximum Gasteiger partial charge on any atom is 0.472 e. The van der Waals surface area contributed by atoms with Crippen molar-refractivity contribution >= 4 is 39.5 Å². The average molecular weight is 1480 g/mol. The van der Waals surface area contributed by atoms with E-state index >= 15 is 0 Å². The fourth-order valence-corrected chi connectivity index (χ4v) is 14.3. The van der Waals surface area contributed by atoms with Crippen LogP contribution in [0.2, 0.25) is 0 Å². The molecule has 0 aromatic carbocycles. The average Bonchev–Trinajstić information content (AvgIpc) is 0.937. The molecule has 0 heterocycles. The first-order chi connectivity index (χ1) is 48.9. The number of aliphatic hydroxyl groups excluding tert-OH is 1. The normalized spacial score (nSPS) is 14.2. The first-order valence-electron chi connectivity index (χ1n) is 42.5. The number of unbranched alkanes of at least 4 members (excludes halogenated alkanes) is 50. The molecule has 6 atom stereocenters. The third-order valence-electron chi connectivity index (χ3n) is 19.6. The van der Waals surface area contributed by atoms with Gasteiger partial charge in [0, 0.05) is 25.7 Å². The van der Waals surface area contributed by atoms with Crippen LogP contribution in [0.1, 0.15) is 433 Å². The van der Waals surface area contributed by atoms with Crippen LogP contribution in [0.3, 0.4) is 0 Å². The number of hydrogen-bond donors (Lipinski definition) is 3. The van der Waals surface area contributed by atoms with Gasteiger partial charge in [0.15, 0.2) is 12.2 Å². The van der Waals surface area contributed by atoms with Crippen LogP contribution in [-0.2, 0) is 65.4 Å². The zero-order valence-corrected chi connectivity index (χ0v) is 68.0. The number of aliphatic hydroxyl groups is 1. The van der Waals surface area contributed by atoms with Crippen LogP contribution in [-0.4, -0.2) is 96.7 Å². The summed E-state index contributed by atoms with van der Waals surface area (Å²) in [5.74, 6) is -0.462. The maximum atomic E-state index is 13.1. The van der Waals surface area contributed by atoms with Gasteiger partial charge in [0.05, 0.1) is 26.4 Å². The van der Waals surface area contributed by atoms with Crippen LogP contribution >= 0.6 is 15.6 Å². The molecule has 0 aliphatic carbocycles. The Morgan fingerprint density at radius 1 is 0.287 bits per heavy atom. The van der Waals surface area contributed by atoms with Crippen LogP contribution in [0.25, 0.3) is 0 Å². The first kappa shape index (κ1) is 99.1. The fraction of sp³-hybridized carbons (Fsp3) is 0.951. The number of carbonyl (C=O) groups excluding carboxylic acids is 4. The second kappa shape index (κ2) is 73.6. The van der Waals surface area contributed by atoms with Gasteiger partial charge in [0.1, 0.15) is 19.3 Å². The van der Waals surface area contributed by atoms with Crippen molar-refractivity contribution in [2.24, 2.45) is 11.8 Å².